The van der Waals surface area contributed by atoms with Crippen LogP contribution in [0.15, 0.2) is 54.2 Å². The molecule has 1 heterocycles. The molecule has 3 rings (SSSR count). The number of amides is 3. The average molecular weight is 408 g/mol. The van der Waals surface area contributed by atoms with Crippen LogP contribution in [0.3, 0.4) is 0 Å². The van der Waals surface area contributed by atoms with E-state index in [-0.39, 0.29) is 28.9 Å². The Morgan fingerprint density at radius 3 is 2.03 bits per heavy atom. The Kier molecular flexibility index (Phi) is 5.63. The van der Waals surface area contributed by atoms with Crippen LogP contribution in [-0.4, -0.2) is 33.6 Å². The van der Waals surface area contributed by atoms with Crippen LogP contribution >= 0.6 is 0 Å². The SMILES string of the molecule is CC(=O)Nc1ccc(NC2=C(c3ccc([N+](=O)[O-])cc3)C(=O)N(C(C)C)C2=O)cc1. The first-order valence-electron chi connectivity index (χ1n) is 9.20. The summed E-state index contributed by atoms with van der Waals surface area (Å²) < 4.78 is 0. The summed E-state index contributed by atoms with van der Waals surface area (Å²) in [4.78, 5) is 48.6. The monoisotopic (exact) mass is 408 g/mol. The van der Waals surface area contributed by atoms with Crippen molar-refractivity contribution in [1.82, 2.24) is 4.90 Å². The number of benzene rings is 2. The Morgan fingerprint density at radius 2 is 1.53 bits per heavy atom. The zero-order chi connectivity index (χ0) is 22.0. The van der Waals surface area contributed by atoms with Gasteiger partial charge in [-0.05, 0) is 55.8 Å². The van der Waals surface area contributed by atoms with Crippen LogP contribution in [-0.2, 0) is 14.4 Å². The third kappa shape index (κ3) is 4.04. The van der Waals surface area contributed by atoms with E-state index in [0.717, 1.165) is 4.90 Å². The highest BCUT2D eigenvalue weighted by Crippen LogP contribution is 2.32. The van der Waals surface area contributed by atoms with Crippen molar-refractivity contribution in [3.8, 4) is 0 Å². The molecule has 2 aromatic carbocycles. The van der Waals surface area contributed by atoms with Gasteiger partial charge in [-0.15, -0.1) is 0 Å². The molecule has 0 aromatic heterocycles. The van der Waals surface area contributed by atoms with Crippen LogP contribution in [0.4, 0.5) is 17.1 Å². The molecule has 0 saturated carbocycles. The first-order valence-corrected chi connectivity index (χ1v) is 9.20. The molecule has 1 aliphatic heterocycles. The smallest absolute Gasteiger partial charge is 0.278 e. The molecule has 3 amide bonds. The third-order valence-corrected chi connectivity index (χ3v) is 4.47. The molecule has 0 spiro atoms. The summed E-state index contributed by atoms with van der Waals surface area (Å²) in [6.45, 7) is 4.86. The number of nitrogens with zero attached hydrogens (tertiary/aromatic N) is 2. The number of nitro benzene ring substituents is 1. The van der Waals surface area contributed by atoms with Crippen molar-refractivity contribution in [2.24, 2.45) is 0 Å². The molecule has 0 bridgehead atoms. The van der Waals surface area contributed by atoms with Crippen molar-refractivity contribution in [3.63, 3.8) is 0 Å². The van der Waals surface area contributed by atoms with Gasteiger partial charge in [-0.3, -0.25) is 29.4 Å². The molecule has 9 nitrogen and oxygen atoms in total. The van der Waals surface area contributed by atoms with Crippen molar-refractivity contribution in [1.29, 1.82) is 0 Å². The van der Waals surface area contributed by atoms with Crippen LogP contribution in [0.2, 0.25) is 0 Å². The summed E-state index contributed by atoms with van der Waals surface area (Å²) >= 11 is 0. The minimum Gasteiger partial charge on any atom is -0.350 e. The number of hydrogen-bond acceptors (Lipinski definition) is 6. The fourth-order valence-electron chi connectivity index (χ4n) is 3.13. The fraction of sp³-hybridized carbons (Fsp3) is 0.190. The van der Waals surface area contributed by atoms with Gasteiger partial charge in [0.05, 0.1) is 10.5 Å². The third-order valence-electron chi connectivity index (χ3n) is 4.47. The highest BCUT2D eigenvalue weighted by molar-refractivity contribution is 6.36. The van der Waals surface area contributed by atoms with E-state index in [4.69, 9.17) is 0 Å². The summed E-state index contributed by atoms with van der Waals surface area (Å²) in [5, 5.41) is 16.6. The van der Waals surface area contributed by atoms with E-state index < -0.39 is 16.7 Å². The molecule has 0 saturated heterocycles. The van der Waals surface area contributed by atoms with Crippen molar-refractivity contribution in [2.75, 3.05) is 10.6 Å². The second kappa shape index (κ2) is 8.16. The van der Waals surface area contributed by atoms with Crippen molar-refractivity contribution in [3.05, 3.63) is 69.9 Å². The molecule has 2 N–H and O–H groups in total. The predicted molar refractivity (Wildman–Crippen MR) is 111 cm³/mol. The molecule has 0 unspecified atom stereocenters. The first kappa shape index (κ1) is 20.7. The van der Waals surface area contributed by atoms with E-state index in [1.165, 1.54) is 31.2 Å². The molecular weight excluding hydrogens is 388 g/mol. The van der Waals surface area contributed by atoms with E-state index in [9.17, 15) is 24.5 Å². The Hall–Kier alpha value is -4.01. The van der Waals surface area contributed by atoms with Gasteiger partial charge in [0.25, 0.3) is 17.5 Å². The second-order valence-electron chi connectivity index (χ2n) is 7.01. The molecule has 0 fully saturated rings. The van der Waals surface area contributed by atoms with Crippen LogP contribution in [0.25, 0.3) is 5.57 Å². The van der Waals surface area contributed by atoms with E-state index in [2.05, 4.69) is 10.6 Å². The normalized spacial score (nSPS) is 13.8. The van der Waals surface area contributed by atoms with Gasteiger partial charge in [-0.2, -0.15) is 0 Å². The molecule has 0 atom stereocenters. The van der Waals surface area contributed by atoms with E-state index in [0.29, 0.717) is 16.9 Å². The van der Waals surface area contributed by atoms with Crippen LogP contribution < -0.4 is 10.6 Å². The summed E-state index contributed by atoms with van der Waals surface area (Å²) in [6.07, 6.45) is 0. The van der Waals surface area contributed by atoms with Gasteiger partial charge in [0.2, 0.25) is 5.91 Å². The number of carbonyl (C=O) groups excluding carboxylic acids is 3. The fourth-order valence-corrected chi connectivity index (χ4v) is 3.13. The van der Waals surface area contributed by atoms with E-state index >= 15 is 0 Å². The van der Waals surface area contributed by atoms with Gasteiger partial charge in [-0.1, -0.05) is 0 Å². The van der Waals surface area contributed by atoms with Gasteiger partial charge in [-0.25, -0.2) is 0 Å². The molecule has 2 aromatic rings. The quantitative estimate of drug-likeness (QED) is 0.430. The number of anilines is 2. The maximum atomic E-state index is 13.0. The van der Waals surface area contributed by atoms with Gasteiger partial charge in [0, 0.05) is 36.5 Å². The van der Waals surface area contributed by atoms with Gasteiger partial charge >= 0.3 is 0 Å². The van der Waals surface area contributed by atoms with Crippen molar-refractivity contribution < 1.29 is 19.3 Å². The summed E-state index contributed by atoms with van der Waals surface area (Å²) in [6, 6.07) is 11.8. The topological polar surface area (TPSA) is 122 Å². The molecule has 9 heteroatoms. The minimum absolute atomic E-state index is 0.0924. The molecule has 154 valence electrons. The highest BCUT2D eigenvalue weighted by Gasteiger charge is 2.40. The average Bonchev–Trinajstić information content (AvgIpc) is 2.92. The number of hydrogen-bond donors (Lipinski definition) is 2. The number of nitro groups is 1. The molecule has 1 aliphatic rings. The standard InChI is InChI=1S/C21H20N4O5/c1-12(2)24-20(27)18(14-4-10-17(11-5-14)25(29)30)19(21(24)28)23-16-8-6-15(7-9-16)22-13(3)26/h4-12,23H,1-3H3,(H,22,26). The summed E-state index contributed by atoms with van der Waals surface area (Å²) in [7, 11) is 0. The number of rotatable bonds is 6. The molecule has 0 radical (unpaired) electrons. The van der Waals surface area contributed by atoms with Gasteiger partial charge < -0.3 is 10.6 Å². The van der Waals surface area contributed by atoms with Gasteiger partial charge in [0.1, 0.15) is 5.70 Å². The largest absolute Gasteiger partial charge is 0.350 e. The minimum atomic E-state index is -0.532. The first-order chi connectivity index (χ1) is 14.2. The highest BCUT2D eigenvalue weighted by atomic mass is 16.6. The zero-order valence-electron chi connectivity index (χ0n) is 16.6. The van der Waals surface area contributed by atoms with E-state index in [1.807, 2.05) is 0 Å². The van der Waals surface area contributed by atoms with Crippen LogP contribution in [0.1, 0.15) is 26.3 Å². The van der Waals surface area contributed by atoms with E-state index in [1.54, 1.807) is 38.1 Å². The Balaban J connectivity index is 2.00. The predicted octanol–water partition coefficient (Wildman–Crippen LogP) is 3.15. The second-order valence-corrected chi connectivity index (χ2v) is 7.01. The number of carbonyl (C=O) groups is 3. The van der Waals surface area contributed by atoms with Crippen LogP contribution in [0.5, 0.6) is 0 Å². The Morgan fingerprint density at radius 1 is 0.967 bits per heavy atom. The lowest BCUT2D eigenvalue weighted by Gasteiger charge is -2.19. The number of imide groups is 1. The lowest BCUT2D eigenvalue weighted by atomic mass is 10.0. The lowest BCUT2D eigenvalue weighted by Crippen LogP contribution is -2.38. The Bertz CT molecular complexity index is 1060. The summed E-state index contributed by atoms with van der Waals surface area (Å²) in [5.41, 5.74) is 1.67. The van der Waals surface area contributed by atoms with Crippen molar-refractivity contribution in [2.45, 2.75) is 26.8 Å². The maximum absolute atomic E-state index is 13.0. The van der Waals surface area contributed by atoms with Crippen LogP contribution in [0, 0.1) is 10.1 Å². The Labute approximate surface area is 172 Å². The lowest BCUT2D eigenvalue weighted by molar-refractivity contribution is -0.384. The summed E-state index contributed by atoms with van der Waals surface area (Å²) in [5.74, 6) is -1.15. The van der Waals surface area contributed by atoms with Crippen molar-refractivity contribution >= 4 is 40.4 Å². The number of nitrogens with one attached hydrogen (secondary N) is 2. The molecular formula is C21H20N4O5. The zero-order valence-corrected chi connectivity index (χ0v) is 16.6. The maximum Gasteiger partial charge on any atom is 0.278 e. The molecule has 0 aliphatic carbocycles. The number of non-ortho nitro benzene ring substituents is 1. The molecule has 30 heavy (non-hydrogen) atoms. The van der Waals surface area contributed by atoms with Gasteiger partial charge in [0.15, 0.2) is 0 Å².